The molecule has 5 rings (SSSR count). The van der Waals surface area contributed by atoms with Crippen LogP contribution in [0, 0.1) is 5.92 Å². The molecule has 3 heterocycles. The smallest absolute Gasteiger partial charge is 0.325 e. The predicted octanol–water partition coefficient (Wildman–Crippen LogP) is 5.08. The van der Waals surface area contributed by atoms with Gasteiger partial charge in [0.2, 0.25) is 5.91 Å². The van der Waals surface area contributed by atoms with Gasteiger partial charge in [0, 0.05) is 64.2 Å². The lowest BCUT2D eigenvalue weighted by molar-refractivity contribution is -0.144. The van der Waals surface area contributed by atoms with Crippen LogP contribution in [0.15, 0.2) is 48.7 Å². The lowest BCUT2D eigenvalue weighted by Gasteiger charge is -2.31. The molecule has 2 aromatic heterocycles. The van der Waals surface area contributed by atoms with Crippen LogP contribution in [0.1, 0.15) is 36.0 Å². The fourth-order valence-corrected chi connectivity index (χ4v) is 5.66. The van der Waals surface area contributed by atoms with Gasteiger partial charge in [-0.25, -0.2) is 4.98 Å². The lowest BCUT2D eigenvalue weighted by Crippen LogP contribution is -2.37. The van der Waals surface area contributed by atoms with Crippen LogP contribution in [0.5, 0.6) is 5.75 Å². The molecule has 0 bridgehead atoms. The zero-order chi connectivity index (χ0) is 25.4. The number of nitrogens with one attached hydrogen (secondary N) is 2. The van der Waals surface area contributed by atoms with Crippen LogP contribution < -0.4 is 10.1 Å². The van der Waals surface area contributed by atoms with Crippen LogP contribution in [0.25, 0.3) is 21.5 Å². The van der Waals surface area contributed by atoms with E-state index in [9.17, 15) is 14.7 Å². The number of anilines is 1. The van der Waals surface area contributed by atoms with E-state index in [0.29, 0.717) is 30.8 Å². The average Bonchev–Trinajstić information content (AvgIpc) is 3.48. The molecule has 1 amide bonds. The van der Waals surface area contributed by atoms with Crippen LogP contribution in [0.4, 0.5) is 5.69 Å². The second-order valence-electron chi connectivity index (χ2n) is 9.23. The van der Waals surface area contributed by atoms with Crippen molar-refractivity contribution in [1.29, 1.82) is 0 Å². The number of H-pyrrole nitrogens is 1. The number of methoxy groups -OCH3 is 1. The van der Waals surface area contributed by atoms with Crippen molar-refractivity contribution in [3.63, 3.8) is 0 Å². The summed E-state index contributed by atoms with van der Waals surface area (Å²) in [6, 6.07) is 12.5. The predicted molar refractivity (Wildman–Crippen MR) is 140 cm³/mol. The number of hydrogen-bond acceptors (Lipinski definition) is 6. The Kier molecular flexibility index (Phi) is 6.51. The molecule has 0 fully saturated rings. The Bertz CT molecular complexity index is 1420. The zero-order valence-corrected chi connectivity index (χ0v) is 21.2. The number of aliphatic carboxylic acids is 1. The summed E-state index contributed by atoms with van der Waals surface area (Å²) in [5, 5.41) is 14.9. The van der Waals surface area contributed by atoms with Gasteiger partial charge in [-0.05, 0) is 36.4 Å². The first-order chi connectivity index (χ1) is 17.3. The largest absolute Gasteiger partial charge is 0.497 e. The first-order valence-corrected chi connectivity index (χ1v) is 12.7. The fraction of sp³-hybridized carbons (Fsp3) is 0.296. The number of benzene rings is 2. The summed E-state index contributed by atoms with van der Waals surface area (Å²) in [4.78, 5) is 35.7. The molecule has 0 aliphatic carbocycles. The Morgan fingerprint density at radius 2 is 1.97 bits per heavy atom. The minimum absolute atomic E-state index is 0.0628. The molecular formula is C27H28N4O4S. The number of nitrogens with zero attached hydrogens (tertiary/aromatic N) is 2. The second-order valence-corrected chi connectivity index (χ2v) is 10.3. The SMILES string of the molecule is COc1ccc(-c2nc3c(s2)CN([C@H](C(=O)O)c2c[nH]c4cc(NC(=O)C(C)C)ccc24)CC3)cc1. The summed E-state index contributed by atoms with van der Waals surface area (Å²) in [6.07, 6.45) is 2.46. The van der Waals surface area contributed by atoms with Crippen LogP contribution in [0.3, 0.4) is 0 Å². The molecule has 36 heavy (non-hydrogen) atoms. The summed E-state index contributed by atoms with van der Waals surface area (Å²) in [7, 11) is 1.64. The number of carboxylic acid groups (broad SMARTS) is 1. The Morgan fingerprint density at radius 1 is 1.19 bits per heavy atom. The van der Waals surface area contributed by atoms with E-state index in [1.165, 1.54) is 0 Å². The van der Waals surface area contributed by atoms with Crippen molar-refractivity contribution in [3.05, 3.63) is 64.8 Å². The topological polar surface area (TPSA) is 108 Å². The molecule has 2 aromatic carbocycles. The number of thiazole rings is 1. The number of aromatic amines is 1. The van der Waals surface area contributed by atoms with Crippen molar-refractivity contribution in [1.82, 2.24) is 14.9 Å². The van der Waals surface area contributed by atoms with Gasteiger partial charge in [-0.15, -0.1) is 11.3 Å². The molecule has 0 radical (unpaired) electrons. The molecular weight excluding hydrogens is 476 g/mol. The summed E-state index contributed by atoms with van der Waals surface area (Å²) < 4.78 is 5.25. The monoisotopic (exact) mass is 504 g/mol. The number of carbonyl (C=O) groups is 2. The Labute approximate surface area is 212 Å². The number of ether oxygens (including phenoxy) is 1. The maximum Gasteiger partial charge on any atom is 0.325 e. The third-order valence-corrected chi connectivity index (χ3v) is 7.63. The number of hydrogen-bond donors (Lipinski definition) is 3. The van der Waals surface area contributed by atoms with E-state index >= 15 is 0 Å². The summed E-state index contributed by atoms with van der Waals surface area (Å²) in [6.45, 7) is 4.80. The number of aromatic nitrogens is 2. The molecule has 0 spiro atoms. The van der Waals surface area contributed by atoms with E-state index in [0.717, 1.165) is 37.8 Å². The second kappa shape index (κ2) is 9.75. The fourth-order valence-electron chi connectivity index (χ4n) is 4.52. The maximum atomic E-state index is 12.5. The van der Waals surface area contributed by atoms with Gasteiger partial charge >= 0.3 is 5.97 Å². The number of rotatable bonds is 7. The van der Waals surface area contributed by atoms with Crippen LogP contribution in [-0.2, 0) is 22.6 Å². The van der Waals surface area contributed by atoms with Crippen molar-refractivity contribution in [3.8, 4) is 16.3 Å². The van der Waals surface area contributed by atoms with E-state index in [-0.39, 0.29) is 11.8 Å². The third kappa shape index (κ3) is 4.59. The summed E-state index contributed by atoms with van der Waals surface area (Å²) in [5.74, 6) is -0.287. The summed E-state index contributed by atoms with van der Waals surface area (Å²) in [5.41, 5.74) is 4.24. The zero-order valence-electron chi connectivity index (χ0n) is 20.4. The van der Waals surface area contributed by atoms with Gasteiger partial charge in [0.1, 0.15) is 16.8 Å². The van der Waals surface area contributed by atoms with Crippen LogP contribution >= 0.6 is 11.3 Å². The van der Waals surface area contributed by atoms with Gasteiger partial charge in [0.15, 0.2) is 0 Å². The normalized spacial score (nSPS) is 14.6. The standard InChI is InChI=1S/C27H28N4O4S/c1-15(2)25(32)29-17-6-9-19-20(13-28-22(19)12-17)24(27(33)34)31-11-10-21-23(14-31)36-26(30-21)16-4-7-18(35-3)8-5-16/h4-9,12-13,15,24,28H,10-11,14H2,1-3H3,(H,29,32)(H,33,34)/t24-/m0/s1. The first-order valence-electron chi connectivity index (χ1n) is 11.9. The van der Waals surface area contributed by atoms with Gasteiger partial charge in [-0.2, -0.15) is 0 Å². The van der Waals surface area contributed by atoms with Crippen LogP contribution in [-0.4, -0.2) is 45.5 Å². The van der Waals surface area contributed by atoms with E-state index < -0.39 is 12.0 Å². The molecule has 186 valence electrons. The lowest BCUT2D eigenvalue weighted by atomic mass is 10.0. The minimum Gasteiger partial charge on any atom is -0.497 e. The number of amides is 1. The van der Waals surface area contributed by atoms with Gasteiger partial charge in [0.05, 0.1) is 12.8 Å². The highest BCUT2D eigenvalue weighted by atomic mass is 32.1. The van der Waals surface area contributed by atoms with Crippen molar-refractivity contribution in [2.45, 2.75) is 32.9 Å². The van der Waals surface area contributed by atoms with E-state index in [1.807, 2.05) is 61.2 Å². The minimum atomic E-state index is -0.892. The highest BCUT2D eigenvalue weighted by Crippen LogP contribution is 2.37. The highest BCUT2D eigenvalue weighted by molar-refractivity contribution is 7.15. The highest BCUT2D eigenvalue weighted by Gasteiger charge is 2.33. The average molecular weight is 505 g/mol. The number of carbonyl (C=O) groups excluding carboxylic acids is 1. The Hall–Kier alpha value is -3.69. The third-order valence-electron chi connectivity index (χ3n) is 6.50. The molecule has 1 atom stereocenters. The maximum absolute atomic E-state index is 12.5. The molecule has 0 saturated carbocycles. The molecule has 1 aliphatic rings. The molecule has 4 aromatic rings. The molecule has 0 saturated heterocycles. The van der Waals surface area contributed by atoms with Gasteiger partial charge in [0.25, 0.3) is 0 Å². The van der Waals surface area contributed by atoms with Crippen molar-refractivity contribution < 1.29 is 19.4 Å². The number of carboxylic acids is 1. The van der Waals surface area contributed by atoms with Gasteiger partial charge in [-0.1, -0.05) is 19.9 Å². The molecule has 0 unspecified atom stereocenters. The summed E-state index contributed by atoms with van der Waals surface area (Å²) >= 11 is 1.61. The molecule has 3 N–H and O–H groups in total. The Morgan fingerprint density at radius 3 is 2.67 bits per heavy atom. The van der Waals surface area contributed by atoms with Crippen molar-refractivity contribution in [2.24, 2.45) is 5.92 Å². The van der Waals surface area contributed by atoms with Crippen molar-refractivity contribution >= 4 is 39.8 Å². The van der Waals surface area contributed by atoms with E-state index in [2.05, 4.69) is 10.3 Å². The van der Waals surface area contributed by atoms with Crippen molar-refractivity contribution in [2.75, 3.05) is 19.0 Å². The van der Waals surface area contributed by atoms with Gasteiger partial charge < -0.3 is 20.1 Å². The van der Waals surface area contributed by atoms with E-state index in [1.54, 1.807) is 24.6 Å². The quantitative estimate of drug-likeness (QED) is 0.324. The molecule has 1 aliphatic heterocycles. The molecule has 9 heteroatoms. The van der Waals surface area contributed by atoms with Crippen LogP contribution in [0.2, 0.25) is 0 Å². The molecule has 8 nitrogen and oxygen atoms in total. The first kappa shape index (κ1) is 24.0. The van der Waals surface area contributed by atoms with Gasteiger partial charge in [-0.3, -0.25) is 14.5 Å². The Balaban J connectivity index is 1.40. The number of fused-ring (bicyclic) bond motifs is 2. The van der Waals surface area contributed by atoms with E-state index in [4.69, 9.17) is 9.72 Å².